The maximum atomic E-state index is 14.9. The second-order valence-corrected chi connectivity index (χ2v) is 11.1. The predicted octanol–water partition coefficient (Wildman–Crippen LogP) is 5.11. The van der Waals surface area contributed by atoms with Gasteiger partial charge in [0.2, 0.25) is 5.91 Å². The van der Waals surface area contributed by atoms with Crippen molar-refractivity contribution in [2.24, 2.45) is 23.7 Å². The van der Waals surface area contributed by atoms with Gasteiger partial charge in [-0.3, -0.25) is 14.4 Å². The summed E-state index contributed by atoms with van der Waals surface area (Å²) >= 11 is 0. The Labute approximate surface area is 231 Å². The number of carboxylic acid groups (broad SMARTS) is 1. The highest BCUT2D eigenvalue weighted by molar-refractivity contribution is 5.99. The molecule has 0 unspecified atom stereocenters. The molecule has 2 bridgehead atoms. The lowest BCUT2D eigenvalue weighted by Gasteiger charge is -2.31. The van der Waals surface area contributed by atoms with Crippen LogP contribution in [0.4, 0.5) is 14.5 Å². The molecule has 3 aliphatic carbocycles. The second-order valence-electron chi connectivity index (χ2n) is 11.1. The van der Waals surface area contributed by atoms with E-state index >= 15 is 0 Å². The van der Waals surface area contributed by atoms with Gasteiger partial charge in [-0.05, 0) is 80.5 Å². The molecule has 5 rings (SSSR count). The molecule has 0 aromatic heterocycles. The Balaban J connectivity index is 1.31. The van der Waals surface area contributed by atoms with E-state index in [0.717, 1.165) is 25.3 Å². The number of hydrogen-bond donors (Lipinski definition) is 3. The lowest BCUT2D eigenvalue weighted by Crippen LogP contribution is -2.48. The maximum Gasteiger partial charge on any atom is 0.306 e. The molecule has 40 heavy (non-hydrogen) atoms. The summed E-state index contributed by atoms with van der Waals surface area (Å²) in [7, 11) is 1.35. The minimum absolute atomic E-state index is 0.0455. The lowest BCUT2D eigenvalue weighted by molar-refractivity contribution is -0.143. The molecule has 0 aliphatic heterocycles. The number of aliphatic carboxylic acids is 1. The average molecular weight is 557 g/mol. The third-order valence-electron chi connectivity index (χ3n) is 8.68. The molecular weight excluding hydrogens is 522 g/mol. The molecular formula is C30H34F2N2O6. The molecule has 0 spiro atoms. The zero-order valence-electron chi connectivity index (χ0n) is 22.3. The number of carboxylic acids is 1. The van der Waals surface area contributed by atoms with Crippen molar-refractivity contribution in [2.75, 3.05) is 12.4 Å². The molecule has 3 fully saturated rings. The average Bonchev–Trinajstić information content (AvgIpc) is 3.56. The summed E-state index contributed by atoms with van der Waals surface area (Å²) in [6.07, 6.45) is 4.07. The Morgan fingerprint density at radius 3 is 2.45 bits per heavy atom. The Kier molecular flexibility index (Phi) is 8.23. The van der Waals surface area contributed by atoms with Gasteiger partial charge in [-0.25, -0.2) is 8.78 Å². The molecule has 3 aliphatic rings. The Hall–Kier alpha value is -3.69. The number of alkyl halides is 1. The maximum absolute atomic E-state index is 14.9. The van der Waals surface area contributed by atoms with Crippen LogP contribution in [0.5, 0.6) is 11.5 Å². The van der Waals surface area contributed by atoms with Gasteiger partial charge in [0.15, 0.2) is 11.6 Å². The van der Waals surface area contributed by atoms with Crippen LogP contribution in [-0.4, -0.2) is 42.1 Å². The number of benzene rings is 2. The highest BCUT2D eigenvalue weighted by atomic mass is 19.1. The van der Waals surface area contributed by atoms with E-state index in [2.05, 4.69) is 10.6 Å². The summed E-state index contributed by atoms with van der Waals surface area (Å²) in [5.41, 5.74) is 1.06. The number of amides is 2. The molecule has 2 aromatic rings. The quantitative estimate of drug-likeness (QED) is 0.396. The Bertz CT molecular complexity index is 1280. The van der Waals surface area contributed by atoms with Crippen molar-refractivity contribution in [3.05, 3.63) is 53.3 Å². The van der Waals surface area contributed by atoms with Crippen LogP contribution in [0.2, 0.25) is 0 Å². The zero-order valence-corrected chi connectivity index (χ0v) is 22.3. The van der Waals surface area contributed by atoms with Crippen molar-refractivity contribution >= 4 is 23.5 Å². The topological polar surface area (TPSA) is 114 Å². The van der Waals surface area contributed by atoms with E-state index in [1.54, 1.807) is 24.3 Å². The van der Waals surface area contributed by atoms with E-state index in [9.17, 15) is 28.3 Å². The lowest BCUT2D eigenvalue weighted by atomic mass is 9.83. The van der Waals surface area contributed by atoms with Crippen LogP contribution in [0.15, 0.2) is 36.4 Å². The van der Waals surface area contributed by atoms with E-state index < -0.39 is 42.2 Å². The van der Waals surface area contributed by atoms with Crippen molar-refractivity contribution < 1.29 is 37.7 Å². The first-order chi connectivity index (χ1) is 19.3. The van der Waals surface area contributed by atoms with E-state index in [0.29, 0.717) is 36.9 Å². The highest BCUT2D eigenvalue weighted by Crippen LogP contribution is 2.49. The molecule has 214 valence electrons. The fraction of sp³-hybridized carbons (Fsp3) is 0.500. The van der Waals surface area contributed by atoms with Gasteiger partial charge < -0.3 is 25.2 Å². The van der Waals surface area contributed by atoms with Crippen molar-refractivity contribution in [2.45, 2.75) is 63.8 Å². The van der Waals surface area contributed by atoms with Gasteiger partial charge in [0.05, 0.1) is 30.6 Å². The fourth-order valence-corrected chi connectivity index (χ4v) is 6.64. The predicted molar refractivity (Wildman–Crippen MR) is 142 cm³/mol. The summed E-state index contributed by atoms with van der Waals surface area (Å²) in [5.74, 6) is -2.92. The van der Waals surface area contributed by atoms with Crippen LogP contribution >= 0.6 is 0 Å². The summed E-state index contributed by atoms with van der Waals surface area (Å²) in [5, 5.41) is 15.1. The number of rotatable bonds is 9. The number of anilines is 1. The third kappa shape index (κ3) is 5.76. The van der Waals surface area contributed by atoms with Crippen LogP contribution in [0.25, 0.3) is 0 Å². The molecule has 8 nitrogen and oxygen atoms in total. The van der Waals surface area contributed by atoms with E-state index in [-0.39, 0.29) is 40.9 Å². The first kappa shape index (κ1) is 27.9. The Morgan fingerprint density at radius 2 is 1.75 bits per heavy atom. The minimum Gasteiger partial charge on any atom is -0.496 e. The largest absolute Gasteiger partial charge is 0.496 e. The van der Waals surface area contributed by atoms with Crippen molar-refractivity contribution in [3.63, 3.8) is 0 Å². The molecule has 10 heteroatoms. The fourth-order valence-electron chi connectivity index (χ4n) is 6.64. The zero-order chi connectivity index (χ0) is 28.4. The van der Waals surface area contributed by atoms with E-state index in [1.165, 1.54) is 13.2 Å². The van der Waals surface area contributed by atoms with Crippen LogP contribution in [0.1, 0.15) is 60.9 Å². The first-order valence-electron chi connectivity index (χ1n) is 13.8. The first-order valence-corrected chi connectivity index (χ1v) is 13.8. The number of hydrogen-bond acceptors (Lipinski definition) is 5. The summed E-state index contributed by atoms with van der Waals surface area (Å²) < 4.78 is 39.2. The van der Waals surface area contributed by atoms with Crippen molar-refractivity contribution in [1.82, 2.24) is 5.32 Å². The van der Waals surface area contributed by atoms with E-state index in [4.69, 9.17) is 9.47 Å². The van der Waals surface area contributed by atoms with Gasteiger partial charge in [0.1, 0.15) is 12.4 Å². The number of carbonyl (C=O) groups is 3. The molecule has 4 atom stereocenters. The van der Waals surface area contributed by atoms with E-state index in [1.807, 2.05) is 0 Å². The molecule has 0 heterocycles. The standard InChI is InChI=1S/C30H34F2N2O6/c1-39-24-14-23(32)25(40-21-9-7-17(8-10-21)30(37)38)13-22(24)28(35)34-27-19-6-5-18(12-19)26(27)29(36)33-20-4-2-3-16(11-20)15-31/h2-4,11,13-14,17-19,21,26-27H,5-10,12,15H2,1H3,(H,33,36)(H,34,35)(H,37,38)/t17-,18-,19+,21+,26+,27-/m1/s1. The second kappa shape index (κ2) is 11.8. The van der Waals surface area contributed by atoms with Gasteiger partial charge in [-0.15, -0.1) is 0 Å². The number of nitrogens with one attached hydrogen (secondary N) is 2. The molecule has 0 saturated heterocycles. The molecule has 2 aromatic carbocycles. The van der Waals surface area contributed by atoms with Gasteiger partial charge in [-0.2, -0.15) is 0 Å². The Morgan fingerprint density at radius 1 is 1.00 bits per heavy atom. The number of methoxy groups -OCH3 is 1. The van der Waals surface area contributed by atoms with Gasteiger partial charge in [0.25, 0.3) is 5.91 Å². The summed E-state index contributed by atoms with van der Waals surface area (Å²) in [6.45, 7) is -0.634. The highest BCUT2D eigenvalue weighted by Gasteiger charge is 2.51. The van der Waals surface area contributed by atoms with Crippen molar-refractivity contribution in [1.29, 1.82) is 0 Å². The van der Waals surface area contributed by atoms with Crippen molar-refractivity contribution in [3.8, 4) is 11.5 Å². The van der Waals surface area contributed by atoms with Gasteiger partial charge in [0, 0.05) is 17.8 Å². The molecule has 3 N–H and O–H groups in total. The monoisotopic (exact) mass is 556 g/mol. The van der Waals surface area contributed by atoms with Gasteiger partial charge >= 0.3 is 5.97 Å². The summed E-state index contributed by atoms with van der Waals surface area (Å²) in [6, 6.07) is 8.64. The number of halogens is 2. The van der Waals surface area contributed by atoms with Crippen LogP contribution in [0, 0.1) is 29.5 Å². The van der Waals surface area contributed by atoms with Crippen LogP contribution in [-0.2, 0) is 16.3 Å². The number of ether oxygens (including phenoxy) is 2. The molecule has 0 radical (unpaired) electrons. The van der Waals surface area contributed by atoms with Crippen LogP contribution in [0.3, 0.4) is 0 Å². The SMILES string of the molecule is COc1cc(F)c(O[C@H]2CC[C@@H](C(=O)O)CC2)cc1C(=O)N[C@@H]1[C@H]2CC[C@H](C2)[C@@H]1C(=O)Nc1cccc(CF)c1. The summed E-state index contributed by atoms with van der Waals surface area (Å²) in [4.78, 5) is 38.1. The number of fused-ring (bicyclic) bond motifs is 2. The third-order valence-corrected chi connectivity index (χ3v) is 8.68. The smallest absolute Gasteiger partial charge is 0.306 e. The molecule has 2 amide bonds. The normalized spacial score (nSPS) is 27.2. The van der Waals surface area contributed by atoms with Gasteiger partial charge in [-0.1, -0.05) is 12.1 Å². The van der Waals surface area contributed by atoms with Crippen LogP contribution < -0.4 is 20.1 Å². The number of carbonyl (C=O) groups excluding carboxylic acids is 2. The minimum atomic E-state index is -0.839. The molecule has 3 saturated carbocycles.